The molecule has 0 aliphatic heterocycles. The van der Waals surface area contributed by atoms with Crippen LogP contribution in [-0.4, -0.2) is 14.4 Å². The second kappa shape index (κ2) is 9.14. The monoisotopic (exact) mass is 228 g/mol. The molecule has 0 radical (unpaired) electrons. The molecule has 0 saturated carbocycles. The number of unbranched alkanes of at least 4 members (excludes halogenated alkanes) is 7. The third-order valence-corrected chi connectivity index (χ3v) is 4.60. The Labute approximate surface area is 96.7 Å². The van der Waals surface area contributed by atoms with E-state index in [2.05, 4.69) is 19.6 Å². The van der Waals surface area contributed by atoms with Crippen molar-refractivity contribution in [1.82, 2.24) is 0 Å². The highest BCUT2D eigenvalue weighted by molar-refractivity contribution is 6.76. The Morgan fingerprint density at radius 3 is 1.73 bits per heavy atom. The van der Waals surface area contributed by atoms with Crippen molar-refractivity contribution in [2.75, 3.05) is 0 Å². The van der Waals surface area contributed by atoms with Crippen LogP contribution in [0.25, 0.3) is 0 Å². The molecule has 0 aromatic carbocycles. The summed E-state index contributed by atoms with van der Waals surface area (Å²) in [6, 6.07) is 1.48. The summed E-state index contributed by atoms with van der Waals surface area (Å²) in [5.41, 5.74) is 0. The zero-order valence-electron chi connectivity index (χ0n) is 10.8. The molecule has 0 heterocycles. The standard InChI is InChI=1S/C13H28OSi/c1-15(2,3)13-11-9-7-5-4-6-8-10-12-14/h12H,4-11,13H2,1-3H3. The van der Waals surface area contributed by atoms with Gasteiger partial charge in [-0.05, 0) is 6.42 Å². The van der Waals surface area contributed by atoms with Crippen LogP contribution in [0.1, 0.15) is 51.4 Å². The average molecular weight is 228 g/mol. The van der Waals surface area contributed by atoms with Crippen LogP contribution in [0.5, 0.6) is 0 Å². The van der Waals surface area contributed by atoms with Crippen LogP contribution in [0.15, 0.2) is 0 Å². The highest BCUT2D eigenvalue weighted by Crippen LogP contribution is 2.15. The molecule has 90 valence electrons. The van der Waals surface area contributed by atoms with Crippen molar-refractivity contribution in [3.63, 3.8) is 0 Å². The number of aldehydes is 1. The predicted octanol–water partition coefficient (Wildman–Crippen LogP) is 4.64. The summed E-state index contributed by atoms with van der Waals surface area (Å²) in [6.07, 6.45) is 11.1. The average Bonchev–Trinajstić information content (AvgIpc) is 2.14. The number of carbonyl (C=O) groups excluding carboxylic acids is 1. The molecule has 2 heteroatoms. The van der Waals surface area contributed by atoms with E-state index in [-0.39, 0.29) is 0 Å². The maximum Gasteiger partial charge on any atom is 0.119 e. The van der Waals surface area contributed by atoms with E-state index >= 15 is 0 Å². The van der Waals surface area contributed by atoms with E-state index < -0.39 is 8.07 Å². The molecule has 0 aromatic heterocycles. The molecule has 0 fully saturated rings. The van der Waals surface area contributed by atoms with Crippen molar-refractivity contribution in [2.45, 2.75) is 77.1 Å². The molecular weight excluding hydrogens is 200 g/mol. The van der Waals surface area contributed by atoms with Crippen LogP contribution in [0.2, 0.25) is 25.7 Å². The van der Waals surface area contributed by atoms with E-state index in [1.165, 1.54) is 44.6 Å². The van der Waals surface area contributed by atoms with Gasteiger partial charge in [0.05, 0.1) is 0 Å². The minimum absolute atomic E-state index is 0.760. The number of hydrogen-bond donors (Lipinski definition) is 0. The first-order chi connectivity index (χ1) is 7.06. The Morgan fingerprint density at radius 2 is 1.27 bits per heavy atom. The molecule has 0 amide bonds. The molecule has 0 N–H and O–H groups in total. The highest BCUT2D eigenvalue weighted by Gasteiger charge is 2.11. The van der Waals surface area contributed by atoms with Crippen LogP contribution in [0.3, 0.4) is 0 Å². The van der Waals surface area contributed by atoms with Gasteiger partial charge in [0.15, 0.2) is 0 Å². The van der Waals surface area contributed by atoms with Crippen molar-refractivity contribution in [3.8, 4) is 0 Å². The van der Waals surface area contributed by atoms with Gasteiger partial charge in [-0.15, -0.1) is 0 Å². The molecule has 0 atom stereocenters. The zero-order chi connectivity index (χ0) is 11.6. The molecule has 0 aliphatic rings. The van der Waals surface area contributed by atoms with Crippen LogP contribution >= 0.6 is 0 Å². The lowest BCUT2D eigenvalue weighted by molar-refractivity contribution is -0.107. The van der Waals surface area contributed by atoms with Gasteiger partial charge in [-0.3, -0.25) is 0 Å². The van der Waals surface area contributed by atoms with Crippen molar-refractivity contribution >= 4 is 14.4 Å². The Balaban J connectivity index is 3.02. The second-order valence-corrected chi connectivity index (χ2v) is 11.4. The minimum Gasteiger partial charge on any atom is -0.303 e. The largest absolute Gasteiger partial charge is 0.303 e. The first kappa shape index (κ1) is 14.9. The van der Waals surface area contributed by atoms with Gasteiger partial charge < -0.3 is 4.79 Å². The molecule has 0 aliphatic carbocycles. The lowest BCUT2D eigenvalue weighted by Crippen LogP contribution is -2.18. The fourth-order valence-corrected chi connectivity index (χ4v) is 3.08. The van der Waals surface area contributed by atoms with Gasteiger partial charge in [-0.2, -0.15) is 0 Å². The molecule has 0 unspecified atom stereocenters. The summed E-state index contributed by atoms with van der Waals surface area (Å²) < 4.78 is 0. The van der Waals surface area contributed by atoms with Gasteiger partial charge in [0.2, 0.25) is 0 Å². The first-order valence-corrected chi connectivity index (χ1v) is 10.2. The minimum atomic E-state index is -0.782. The SMILES string of the molecule is C[Si](C)(C)CCCCCCCCCC=O. The summed E-state index contributed by atoms with van der Waals surface area (Å²) in [5, 5.41) is 0. The van der Waals surface area contributed by atoms with Crippen molar-refractivity contribution in [2.24, 2.45) is 0 Å². The topological polar surface area (TPSA) is 17.1 Å². The van der Waals surface area contributed by atoms with Crippen LogP contribution < -0.4 is 0 Å². The molecule has 0 rings (SSSR count). The molecule has 0 spiro atoms. The molecular formula is C13H28OSi. The van der Waals surface area contributed by atoms with E-state index in [4.69, 9.17) is 0 Å². The Bertz CT molecular complexity index is 149. The number of rotatable bonds is 10. The van der Waals surface area contributed by atoms with Gasteiger partial charge in [-0.1, -0.05) is 64.2 Å². The van der Waals surface area contributed by atoms with Gasteiger partial charge in [0.1, 0.15) is 6.29 Å². The smallest absolute Gasteiger partial charge is 0.119 e. The third-order valence-electron chi connectivity index (χ3n) is 2.75. The predicted molar refractivity (Wildman–Crippen MR) is 71.2 cm³/mol. The van der Waals surface area contributed by atoms with Crippen LogP contribution in [0, 0.1) is 0 Å². The van der Waals surface area contributed by atoms with E-state index in [1.54, 1.807) is 0 Å². The molecule has 15 heavy (non-hydrogen) atoms. The van der Waals surface area contributed by atoms with E-state index in [0.717, 1.165) is 19.1 Å². The normalized spacial score (nSPS) is 11.7. The first-order valence-electron chi connectivity index (χ1n) is 6.50. The Kier molecular flexibility index (Phi) is 9.07. The fourth-order valence-electron chi connectivity index (χ4n) is 1.77. The number of hydrogen-bond acceptors (Lipinski definition) is 1. The molecule has 0 aromatic rings. The van der Waals surface area contributed by atoms with Crippen LogP contribution in [-0.2, 0) is 4.79 Å². The van der Waals surface area contributed by atoms with Gasteiger partial charge in [0, 0.05) is 14.5 Å². The fraction of sp³-hybridized carbons (Fsp3) is 0.923. The summed E-state index contributed by atoms with van der Waals surface area (Å²) >= 11 is 0. The number of carbonyl (C=O) groups is 1. The Morgan fingerprint density at radius 1 is 0.800 bits per heavy atom. The van der Waals surface area contributed by atoms with Gasteiger partial charge >= 0.3 is 0 Å². The summed E-state index contributed by atoms with van der Waals surface area (Å²) in [7, 11) is -0.782. The highest BCUT2D eigenvalue weighted by atomic mass is 28.3. The van der Waals surface area contributed by atoms with Gasteiger partial charge in [0.25, 0.3) is 0 Å². The molecule has 0 saturated heterocycles. The van der Waals surface area contributed by atoms with Crippen molar-refractivity contribution < 1.29 is 4.79 Å². The Hall–Kier alpha value is -0.113. The maximum atomic E-state index is 10.1. The molecule has 0 bridgehead atoms. The summed E-state index contributed by atoms with van der Waals surface area (Å²) in [5.74, 6) is 0. The van der Waals surface area contributed by atoms with E-state index in [1.807, 2.05) is 0 Å². The third kappa shape index (κ3) is 13.9. The lowest BCUT2D eigenvalue weighted by atomic mass is 10.1. The van der Waals surface area contributed by atoms with Crippen molar-refractivity contribution in [1.29, 1.82) is 0 Å². The van der Waals surface area contributed by atoms with E-state index in [0.29, 0.717) is 0 Å². The van der Waals surface area contributed by atoms with Crippen LogP contribution in [0.4, 0.5) is 0 Å². The lowest BCUT2D eigenvalue weighted by Gasteiger charge is -2.14. The quantitative estimate of drug-likeness (QED) is 0.302. The second-order valence-electron chi connectivity index (χ2n) is 5.74. The zero-order valence-corrected chi connectivity index (χ0v) is 11.8. The molecule has 1 nitrogen and oxygen atoms in total. The van der Waals surface area contributed by atoms with Gasteiger partial charge in [-0.25, -0.2) is 0 Å². The summed E-state index contributed by atoms with van der Waals surface area (Å²) in [4.78, 5) is 10.1. The van der Waals surface area contributed by atoms with Crippen molar-refractivity contribution in [3.05, 3.63) is 0 Å². The summed E-state index contributed by atoms with van der Waals surface area (Å²) in [6.45, 7) is 7.35. The van der Waals surface area contributed by atoms with E-state index in [9.17, 15) is 4.79 Å². The maximum absolute atomic E-state index is 10.1.